The number of fused-ring (bicyclic) bond motifs is 1. The van der Waals surface area contributed by atoms with Gasteiger partial charge in [0.15, 0.2) is 5.82 Å². The van der Waals surface area contributed by atoms with Gasteiger partial charge >= 0.3 is 0 Å². The molecule has 9 nitrogen and oxygen atoms in total. The Kier molecular flexibility index (Phi) is 4.70. The fourth-order valence-corrected chi connectivity index (χ4v) is 2.73. The minimum absolute atomic E-state index is 0.126. The van der Waals surface area contributed by atoms with Crippen molar-refractivity contribution in [1.82, 2.24) is 35.4 Å². The van der Waals surface area contributed by atoms with E-state index in [4.69, 9.17) is 0 Å². The third-order valence-electron chi connectivity index (χ3n) is 4.03. The minimum atomic E-state index is -0.353. The second-order valence-corrected chi connectivity index (χ2v) is 6.12. The molecule has 0 fully saturated rings. The van der Waals surface area contributed by atoms with Crippen molar-refractivity contribution in [3.63, 3.8) is 0 Å². The van der Waals surface area contributed by atoms with E-state index in [2.05, 4.69) is 35.4 Å². The van der Waals surface area contributed by atoms with Crippen molar-refractivity contribution in [2.45, 2.75) is 32.9 Å². The fourth-order valence-electron chi connectivity index (χ4n) is 2.73. The molecule has 0 saturated heterocycles. The molecule has 2 aromatic heterocycles. The Morgan fingerprint density at radius 2 is 2.17 bits per heavy atom. The fraction of sp³-hybridized carbons (Fsp3) is 0.533. The first kappa shape index (κ1) is 16.3. The number of hydrogen-bond donors (Lipinski definition) is 3. The summed E-state index contributed by atoms with van der Waals surface area (Å²) in [6, 6.07) is -0.287. The van der Waals surface area contributed by atoms with Crippen molar-refractivity contribution in [3.8, 4) is 0 Å². The molecular weight excluding hydrogens is 310 g/mol. The van der Waals surface area contributed by atoms with Crippen LogP contribution < -0.4 is 16.2 Å². The molecule has 1 aliphatic heterocycles. The standard InChI is InChI=1S/C15H21N7O2/c1-9(2)13(19-15(24)10-7-18-12(23)8-17-10)14-21-20-11-3-4-16-5-6-22(11)14/h7-9,13,16H,3-6H2,1-2H3,(H,18,23)(H,19,24)/t13-/m0/s1. The van der Waals surface area contributed by atoms with Gasteiger partial charge in [-0.25, -0.2) is 4.98 Å². The van der Waals surface area contributed by atoms with Gasteiger partial charge in [0.1, 0.15) is 11.5 Å². The highest BCUT2D eigenvalue weighted by Crippen LogP contribution is 2.22. The number of aromatic amines is 1. The summed E-state index contributed by atoms with van der Waals surface area (Å²) in [5.41, 5.74) is -0.181. The molecular formula is C15H21N7O2. The third kappa shape index (κ3) is 3.35. The van der Waals surface area contributed by atoms with Crippen LogP contribution in [0.5, 0.6) is 0 Å². The van der Waals surface area contributed by atoms with Crippen LogP contribution in [0.1, 0.15) is 42.0 Å². The quantitative estimate of drug-likeness (QED) is 0.704. The number of aromatic nitrogens is 5. The maximum atomic E-state index is 12.4. The van der Waals surface area contributed by atoms with Crippen molar-refractivity contribution >= 4 is 5.91 Å². The van der Waals surface area contributed by atoms with Gasteiger partial charge in [0.2, 0.25) is 0 Å². The highest BCUT2D eigenvalue weighted by atomic mass is 16.2. The van der Waals surface area contributed by atoms with E-state index >= 15 is 0 Å². The molecule has 0 unspecified atom stereocenters. The molecule has 3 rings (SSSR count). The Labute approximate surface area is 138 Å². The normalized spacial score (nSPS) is 15.6. The summed E-state index contributed by atoms with van der Waals surface area (Å²) in [6.07, 6.45) is 3.21. The average molecular weight is 331 g/mol. The zero-order chi connectivity index (χ0) is 17.1. The van der Waals surface area contributed by atoms with Crippen molar-refractivity contribution in [1.29, 1.82) is 0 Å². The van der Waals surface area contributed by atoms with Crippen LogP contribution in [-0.4, -0.2) is 43.7 Å². The van der Waals surface area contributed by atoms with Gasteiger partial charge in [-0.05, 0) is 5.92 Å². The SMILES string of the molecule is CC(C)[C@H](NC(=O)c1c[nH]c(=O)cn1)c1nnc2n1CCNCC2. The van der Waals surface area contributed by atoms with Gasteiger partial charge in [0, 0.05) is 32.3 Å². The predicted octanol–water partition coefficient (Wildman–Crippen LogP) is -0.366. The second kappa shape index (κ2) is 6.91. The molecule has 128 valence electrons. The molecule has 0 aliphatic carbocycles. The van der Waals surface area contributed by atoms with E-state index < -0.39 is 0 Å². The Hall–Kier alpha value is -2.55. The molecule has 3 heterocycles. The molecule has 1 atom stereocenters. The van der Waals surface area contributed by atoms with Crippen LogP contribution in [0.3, 0.4) is 0 Å². The first-order chi connectivity index (χ1) is 11.6. The van der Waals surface area contributed by atoms with Crippen LogP contribution in [0.25, 0.3) is 0 Å². The number of rotatable bonds is 4. The van der Waals surface area contributed by atoms with Crippen LogP contribution in [0.15, 0.2) is 17.2 Å². The molecule has 2 aromatic rings. The molecule has 0 saturated carbocycles. The highest BCUT2D eigenvalue weighted by Gasteiger charge is 2.27. The van der Waals surface area contributed by atoms with Gasteiger partial charge in [0.25, 0.3) is 11.5 Å². The third-order valence-corrected chi connectivity index (χ3v) is 4.03. The van der Waals surface area contributed by atoms with Gasteiger partial charge in [-0.2, -0.15) is 0 Å². The lowest BCUT2D eigenvalue weighted by molar-refractivity contribution is 0.0916. The maximum absolute atomic E-state index is 12.4. The van der Waals surface area contributed by atoms with Crippen LogP contribution >= 0.6 is 0 Å². The first-order valence-electron chi connectivity index (χ1n) is 8.04. The second-order valence-electron chi connectivity index (χ2n) is 6.12. The monoisotopic (exact) mass is 331 g/mol. The number of carbonyl (C=O) groups excluding carboxylic acids is 1. The number of H-pyrrole nitrogens is 1. The summed E-state index contributed by atoms with van der Waals surface area (Å²) in [5, 5.41) is 14.9. The average Bonchev–Trinajstić information content (AvgIpc) is 2.80. The number of nitrogens with zero attached hydrogens (tertiary/aromatic N) is 4. The van der Waals surface area contributed by atoms with Crippen LogP contribution in [0, 0.1) is 5.92 Å². The Morgan fingerprint density at radius 1 is 1.33 bits per heavy atom. The predicted molar refractivity (Wildman–Crippen MR) is 86.5 cm³/mol. The highest BCUT2D eigenvalue weighted by molar-refractivity contribution is 5.92. The van der Waals surface area contributed by atoms with Gasteiger partial charge in [-0.3, -0.25) is 9.59 Å². The molecule has 9 heteroatoms. The molecule has 3 N–H and O–H groups in total. The van der Waals surface area contributed by atoms with E-state index in [1.54, 1.807) is 0 Å². The lowest BCUT2D eigenvalue weighted by Gasteiger charge is -2.22. The van der Waals surface area contributed by atoms with E-state index in [-0.39, 0.29) is 29.1 Å². The number of amides is 1. The van der Waals surface area contributed by atoms with E-state index in [0.717, 1.165) is 43.9 Å². The van der Waals surface area contributed by atoms with Crippen LogP contribution in [0.2, 0.25) is 0 Å². The summed E-state index contributed by atoms with van der Waals surface area (Å²) in [5.74, 6) is 1.45. The number of hydrogen-bond acceptors (Lipinski definition) is 6. The van der Waals surface area contributed by atoms with Crippen molar-refractivity contribution in [2.24, 2.45) is 5.92 Å². The summed E-state index contributed by atoms with van der Waals surface area (Å²) in [4.78, 5) is 29.8. The summed E-state index contributed by atoms with van der Waals surface area (Å²) in [7, 11) is 0. The van der Waals surface area contributed by atoms with Gasteiger partial charge in [-0.1, -0.05) is 13.8 Å². The maximum Gasteiger partial charge on any atom is 0.271 e. The van der Waals surface area contributed by atoms with E-state index in [0.29, 0.717) is 0 Å². The lowest BCUT2D eigenvalue weighted by atomic mass is 10.0. The lowest BCUT2D eigenvalue weighted by Crippen LogP contribution is -2.35. The zero-order valence-corrected chi connectivity index (χ0v) is 13.7. The topological polar surface area (TPSA) is 118 Å². The number of carbonyl (C=O) groups is 1. The Bertz CT molecular complexity index is 760. The van der Waals surface area contributed by atoms with Crippen molar-refractivity contribution in [3.05, 3.63) is 40.1 Å². The van der Waals surface area contributed by atoms with E-state index in [1.165, 1.54) is 6.20 Å². The molecule has 0 spiro atoms. The zero-order valence-electron chi connectivity index (χ0n) is 13.7. The molecule has 0 bridgehead atoms. The van der Waals surface area contributed by atoms with Crippen molar-refractivity contribution < 1.29 is 4.79 Å². The Morgan fingerprint density at radius 3 is 2.88 bits per heavy atom. The first-order valence-corrected chi connectivity index (χ1v) is 8.04. The summed E-state index contributed by atoms with van der Waals surface area (Å²) >= 11 is 0. The summed E-state index contributed by atoms with van der Waals surface area (Å²) < 4.78 is 2.07. The van der Waals surface area contributed by atoms with Gasteiger partial charge in [-0.15, -0.1) is 10.2 Å². The minimum Gasteiger partial charge on any atom is -0.340 e. The molecule has 1 amide bonds. The van der Waals surface area contributed by atoms with Crippen LogP contribution in [-0.2, 0) is 13.0 Å². The largest absolute Gasteiger partial charge is 0.340 e. The number of nitrogens with one attached hydrogen (secondary N) is 3. The van der Waals surface area contributed by atoms with Crippen molar-refractivity contribution in [2.75, 3.05) is 13.1 Å². The molecule has 24 heavy (non-hydrogen) atoms. The summed E-state index contributed by atoms with van der Waals surface area (Å²) in [6.45, 7) is 6.52. The molecule has 0 aromatic carbocycles. The van der Waals surface area contributed by atoms with E-state index in [9.17, 15) is 9.59 Å². The van der Waals surface area contributed by atoms with Crippen LogP contribution in [0.4, 0.5) is 0 Å². The van der Waals surface area contributed by atoms with Gasteiger partial charge in [0.05, 0.1) is 12.2 Å². The molecule has 0 radical (unpaired) electrons. The Balaban J connectivity index is 1.85. The van der Waals surface area contributed by atoms with Gasteiger partial charge < -0.3 is 20.2 Å². The van der Waals surface area contributed by atoms with E-state index in [1.807, 2.05) is 13.8 Å². The molecule has 1 aliphatic rings. The smallest absolute Gasteiger partial charge is 0.271 e.